The van der Waals surface area contributed by atoms with Gasteiger partial charge in [-0.1, -0.05) is 65.0 Å². The monoisotopic (exact) mass is 348 g/mol. The first-order chi connectivity index (χ1) is 11.6. The third-order valence-corrected chi connectivity index (χ3v) is 3.71. The number of benzene rings is 1. The van der Waals surface area contributed by atoms with E-state index in [1.807, 2.05) is 44.2 Å². The lowest BCUT2D eigenvalue weighted by molar-refractivity contribution is -0.130. The van der Waals surface area contributed by atoms with Gasteiger partial charge in [-0.2, -0.15) is 0 Å². The van der Waals surface area contributed by atoms with Crippen LogP contribution < -0.4 is 10.6 Å². The fourth-order valence-electron chi connectivity index (χ4n) is 2.90. The number of hydrogen-bond acceptors (Lipinski definition) is 3. The molecule has 0 saturated heterocycles. The maximum absolute atomic E-state index is 12.3. The second-order valence-electron chi connectivity index (χ2n) is 8.22. The highest BCUT2D eigenvalue weighted by Crippen LogP contribution is 2.33. The van der Waals surface area contributed by atoms with Crippen LogP contribution in [0, 0.1) is 10.8 Å². The second kappa shape index (κ2) is 9.44. The van der Waals surface area contributed by atoms with Crippen molar-refractivity contribution in [1.82, 2.24) is 10.6 Å². The van der Waals surface area contributed by atoms with E-state index in [0.29, 0.717) is 19.5 Å². The first-order valence-electron chi connectivity index (χ1n) is 8.83. The summed E-state index contributed by atoms with van der Waals surface area (Å²) < 4.78 is 5.13. The maximum Gasteiger partial charge on any atom is 0.407 e. The molecule has 0 fully saturated rings. The molecular weight excluding hydrogens is 316 g/mol. The topological polar surface area (TPSA) is 67.4 Å². The zero-order valence-corrected chi connectivity index (χ0v) is 16.1. The van der Waals surface area contributed by atoms with Gasteiger partial charge < -0.3 is 15.4 Å². The Morgan fingerprint density at radius 2 is 1.56 bits per heavy atom. The molecule has 1 aromatic rings. The number of alkyl carbamates (subject to hydrolysis) is 1. The van der Waals surface area contributed by atoms with Crippen LogP contribution >= 0.6 is 0 Å². The molecule has 5 heteroatoms. The standard InChI is InChI=1S/C20H32N2O3/c1-19(2,3)15-20(4,5)17(23)21-12-9-13-22-18(24)25-14-16-10-7-6-8-11-16/h6-8,10-11H,9,12-15H2,1-5H3,(H,21,23)(H,22,24). The van der Waals surface area contributed by atoms with Crippen molar-refractivity contribution >= 4 is 12.0 Å². The lowest BCUT2D eigenvalue weighted by Gasteiger charge is -2.31. The van der Waals surface area contributed by atoms with Crippen molar-refractivity contribution in [3.63, 3.8) is 0 Å². The van der Waals surface area contributed by atoms with Crippen molar-refractivity contribution in [1.29, 1.82) is 0 Å². The van der Waals surface area contributed by atoms with Crippen LogP contribution in [-0.4, -0.2) is 25.1 Å². The molecule has 2 amide bonds. The highest BCUT2D eigenvalue weighted by atomic mass is 16.5. The van der Waals surface area contributed by atoms with Crippen molar-refractivity contribution in [3.8, 4) is 0 Å². The Bertz CT molecular complexity index is 548. The quantitative estimate of drug-likeness (QED) is 0.701. The molecule has 0 saturated carbocycles. The fourth-order valence-corrected chi connectivity index (χ4v) is 2.90. The lowest BCUT2D eigenvalue weighted by atomic mass is 9.76. The highest BCUT2D eigenvalue weighted by Gasteiger charge is 2.32. The lowest BCUT2D eigenvalue weighted by Crippen LogP contribution is -2.40. The number of carbonyl (C=O) groups excluding carboxylic acids is 2. The van der Waals surface area contributed by atoms with E-state index in [4.69, 9.17) is 4.74 Å². The third-order valence-electron chi connectivity index (χ3n) is 3.71. The summed E-state index contributed by atoms with van der Waals surface area (Å²) in [6.45, 7) is 11.6. The molecule has 5 nitrogen and oxygen atoms in total. The SMILES string of the molecule is CC(C)(C)CC(C)(C)C(=O)NCCCNC(=O)OCc1ccccc1. The third kappa shape index (κ3) is 9.13. The summed E-state index contributed by atoms with van der Waals surface area (Å²) in [5.74, 6) is 0.0501. The van der Waals surface area contributed by atoms with Gasteiger partial charge in [0, 0.05) is 18.5 Å². The molecule has 0 atom stereocenters. The van der Waals surface area contributed by atoms with Gasteiger partial charge in [0.05, 0.1) is 0 Å². The molecule has 1 rings (SSSR count). The van der Waals surface area contributed by atoms with Crippen LogP contribution in [0.3, 0.4) is 0 Å². The molecule has 0 bridgehead atoms. The molecule has 0 aliphatic carbocycles. The maximum atomic E-state index is 12.3. The van der Waals surface area contributed by atoms with E-state index < -0.39 is 11.5 Å². The van der Waals surface area contributed by atoms with Crippen LogP contribution in [-0.2, 0) is 16.1 Å². The van der Waals surface area contributed by atoms with Crippen molar-refractivity contribution < 1.29 is 14.3 Å². The van der Waals surface area contributed by atoms with E-state index in [0.717, 1.165) is 12.0 Å². The first kappa shape index (κ1) is 21.0. The Morgan fingerprint density at radius 3 is 2.16 bits per heavy atom. The van der Waals surface area contributed by atoms with E-state index in [2.05, 4.69) is 31.4 Å². The van der Waals surface area contributed by atoms with Gasteiger partial charge in [0.1, 0.15) is 6.61 Å². The summed E-state index contributed by atoms with van der Waals surface area (Å²) in [7, 11) is 0. The summed E-state index contributed by atoms with van der Waals surface area (Å²) in [6.07, 6.45) is 1.04. The van der Waals surface area contributed by atoms with Crippen LogP contribution in [0.15, 0.2) is 30.3 Å². The molecule has 2 N–H and O–H groups in total. The minimum atomic E-state index is -0.441. The molecule has 140 valence electrons. The summed E-state index contributed by atoms with van der Waals surface area (Å²) in [6, 6.07) is 9.53. The number of carbonyl (C=O) groups is 2. The van der Waals surface area contributed by atoms with Crippen LogP contribution in [0.2, 0.25) is 0 Å². The predicted octanol–water partition coefficient (Wildman–Crippen LogP) is 3.88. The Kier molecular flexibility index (Phi) is 7.94. The zero-order chi connectivity index (χ0) is 18.9. The predicted molar refractivity (Wildman–Crippen MR) is 100 cm³/mol. The van der Waals surface area contributed by atoms with Crippen molar-refractivity contribution in [2.45, 2.75) is 54.1 Å². The van der Waals surface area contributed by atoms with Crippen molar-refractivity contribution in [3.05, 3.63) is 35.9 Å². The van der Waals surface area contributed by atoms with Gasteiger partial charge in [-0.05, 0) is 23.8 Å². The van der Waals surface area contributed by atoms with Gasteiger partial charge in [0.15, 0.2) is 0 Å². The van der Waals surface area contributed by atoms with Crippen LogP contribution in [0.1, 0.15) is 53.0 Å². The van der Waals surface area contributed by atoms with Crippen LogP contribution in [0.25, 0.3) is 0 Å². The minimum Gasteiger partial charge on any atom is -0.445 e. The van der Waals surface area contributed by atoms with E-state index in [1.54, 1.807) is 0 Å². The molecule has 0 aliphatic rings. The molecule has 0 radical (unpaired) electrons. The molecule has 25 heavy (non-hydrogen) atoms. The number of nitrogens with one attached hydrogen (secondary N) is 2. The highest BCUT2D eigenvalue weighted by molar-refractivity contribution is 5.81. The van der Waals surface area contributed by atoms with Gasteiger partial charge in [-0.3, -0.25) is 4.79 Å². The Balaban J connectivity index is 2.16. The van der Waals surface area contributed by atoms with Crippen molar-refractivity contribution in [2.24, 2.45) is 10.8 Å². The summed E-state index contributed by atoms with van der Waals surface area (Å²) >= 11 is 0. The second-order valence-corrected chi connectivity index (χ2v) is 8.22. The molecule has 0 heterocycles. The normalized spacial score (nSPS) is 11.7. The molecule has 0 aromatic heterocycles. The molecular formula is C20H32N2O3. The largest absolute Gasteiger partial charge is 0.445 e. The number of ether oxygens (including phenoxy) is 1. The fraction of sp³-hybridized carbons (Fsp3) is 0.600. The Morgan fingerprint density at radius 1 is 0.960 bits per heavy atom. The van der Waals surface area contributed by atoms with Crippen LogP contribution in [0.5, 0.6) is 0 Å². The van der Waals surface area contributed by atoms with E-state index in [-0.39, 0.29) is 17.9 Å². The Hall–Kier alpha value is -2.04. The van der Waals surface area contributed by atoms with Crippen LogP contribution in [0.4, 0.5) is 4.79 Å². The minimum absolute atomic E-state index is 0.0501. The summed E-state index contributed by atoms with van der Waals surface area (Å²) in [5.41, 5.74) is 0.650. The Labute approximate surface area is 151 Å². The van der Waals surface area contributed by atoms with Gasteiger partial charge >= 0.3 is 6.09 Å². The van der Waals surface area contributed by atoms with Gasteiger partial charge in [-0.25, -0.2) is 4.79 Å². The van der Waals surface area contributed by atoms with Crippen molar-refractivity contribution in [2.75, 3.05) is 13.1 Å². The summed E-state index contributed by atoms with van der Waals surface area (Å²) in [4.78, 5) is 23.9. The average molecular weight is 348 g/mol. The van der Waals surface area contributed by atoms with Gasteiger partial charge in [0.25, 0.3) is 0 Å². The zero-order valence-electron chi connectivity index (χ0n) is 16.1. The number of rotatable bonds is 8. The molecule has 1 aromatic carbocycles. The van der Waals surface area contributed by atoms with E-state index in [1.165, 1.54) is 0 Å². The smallest absolute Gasteiger partial charge is 0.407 e. The molecule has 0 spiro atoms. The van der Waals surface area contributed by atoms with E-state index in [9.17, 15) is 9.59 Å². The van der Waals surface area contributed by atoms with Gasteiger partial charge in [-0.15, -0.1) is 0 Å². The van der Waals surface area contributed by atoms with E-state index >= 15 is 0 Å². The number of amides is 2. The number of hydrogen-bond donors (Lipinski definition) is 2. The average Bonchev–Trinajstić information content (AvgIpc) is 2.51. The molecule has 0 unspecified atom stereocenters. The molecule has 0 aliphatic heterocycles. The van der Waals surface area contributed by atoms with Gasteiger partial charge in [0.2, 0.25) is 5.91 Å². The first-order valence-corrected chi connectivity index (χ1v) is 8.83. The summed E-state index contributed by atoms with van der Waals surface area (Å²) in [5, 5.41) is 5.64.